The Hall–Kier alpha value is -3.83. The van der Waals surface area contributed by atoms with Crippen LogP contribution in [0.5, 0.6) is 0 Å². The van der Waals surface area contributed by atoms with Gasteiger partial charge in [0.05, 0.1) is 23.6 Å². The quantitative estimate of drug-likeness (QED) is 0.403. The van der Waals surface area contributed by atoms with Crippen molar-refractivity contribution in [2.24, 2.45) is 5.92 Å². The lowest BCUT2D eigenvalue weighted by molar-refractivity contribution is -0.132. The van der Waals surface area contributed by atoms with Crippen LogP contribution in [-0.2, 0) is 16.1 Å². The van der Waals surface area contributed by atoms with E-state index < -0.39 is 17.9 Å². The molecule has 1 atom stereocenters. The lowest BCUT2D eigenvalue weighted by atomic mass is 9.92. The Balaban J connectivity index is 1.20. The molecule has 3 aliphatic rings. The van der Waals surface area contributed by atoms with Crippen molar-refractivity contribution in [3.05, 3.63) is 58.9 Å². The van der Waals surface area contributed by atoms with Crippen molar-refractivity contribution >= 4 is 29.1 Å². The summed E-state index contributed by atoms with van der Waals surface area (Å²) in [5.41, 5.74) is 2.95. The SMILES string of the molecule is C#Cc1ccc(CN2CC(CNc3cccc4c3C(=O)N(C3CCC(=O)CC3=O)C4=O)C2)cn1. The lowest BCUT2D eigenvalue weighted by Gasteiger charge is -2.39. The fourth-order valence-corrected chi connectivity index (χ4v) is 4.92. The van der Waals surface area contributed by atoms with E-state index in [4.69, 9.17) is 6.42 Å². The number of carbonyl (C=O) groups is 4. The summed E-state index contributed by atoms with van der Waals surface area (Å²) < 4.78 is 0. The molecule has 8 nitrogen and oxygen atoms in total. The molecule has 2 aliphatic heterocycles. The summed E-state index contributed by atoms with van der Waals surface area (Å²) in [6.45, 7) is 3.28. The molecule has 5 rings (SSSR count). The Bertz CT molecular complexity index is 1220. The molecule has 1 saturated heterocycles. The molecule has 34 heavy (non-hydrogen) atoms. The molecule has 1 aliphatic carbocycles. The number of hydrogen-bond acceptors (Lipinski definition) is 7. The second kappa shape index (κ2) is 8.84. The molecule has 1 aromatic carbocycles. The van der Waals surface area contributed by atoms with Crippen molar-refractivity contribution in [3.63, 3.8) is 0 Å². The summed E-state index contributed by atoms with van der Waals surface area (Å²) in [5, 5.41) is 3.34. The molecule has 2 fully saturated rings. The first-order chi connectivity index (χ1) is 16.4. The van der Waals surface area contributed by atoms with Gasteiger partial charge in [-0.05, 0) is 30.2 Å². The van der Waals surface area contributed by atoms with Gasteiger partial charge >= 0.3 is 0 Å². The van der Waals surface area contributed by atoms with Gasteiger partial charge in [-0.25, -0.2) is 4.98 Å². The zero-order chi connectivity index (χ0) is 23.8. The molecule has 1 saturated carbocycles. The Labute approximate surface area is 197 Å². The van der Waals surface area contributed by atoms with Gasteiger partial charge in [-0.3, -0.25) is 29.0 Å². The minimum atomic E-state index is -0.859. The Kier molecular flexibility index (Phi) is 5.72. The number of nitrogens with one attached hydrogen (secondary N) is 1. The highest BCUT2D eigenvalue weighted by Gasteiger charge is 2.45. The van der Waals surface area contributed by atoms with Crippen LogP contribution in [0.1, 0.15) is 51.2 Å². The normalized spacial score (nSPS) is 20.8. The zero-order valence-electron chi connectivity index (χ0n) is 18.6. The smallest absolute Gasteiger partial charge is 0.264 e. The number of aromatic nitrogens is 1. The van der Waals surface area contributed by atoms with E-state index in [9.17, 15) is 19.2 Å². The number of Topliss-reactive ketones (excluding diaryl/α,β-unsaturated/α-hetero) is 2. The van der Waals surface area contributed by atoms with Gasteiger partial charge in [-0.2, -0.15) is 0 Å². The summed E-state index contributed by atoms with van der Waals surface area (Å²) in [4.78, 5) is 57.7. The molecular formula is C26H24N4O4. The van der Waals surface area contributed by atoms with Gasteiger partial charge in [0.1, 0.15) is 11.5 Å². The average molecular weight is 457 g/mol. The zero-order valence-corrected chi connectivity index (χ0v) is 18.6. The van der Waals surface area contributed by atoms with E-state index in [0.717, 1.165) is 30.1 Å². The molecule has 2 amide bonds. The monoisotopic (exact) mass is 456 g/mol. The number of anilines is 1. The number of hydrogen-bond donors (Lipinski definition) is 1. The van der Waals surface area contributed by atoms with Gasteiger partial charge in [0, 0.05) is 50.4 Å². The van der Waals surface area contributed by atoms with Crippen LogP contribution < -0.4 is 5.32 Å². The van der Waals surface area contributed by atoms with Crippen LogP contribution in [0.2, 0.25) is 0 Å². The number of nitrogens with zero attached hydrogens (tertiary/aromatic N) is 3. The molecule has 172 valence electrons. The van der Waals surface area contributed by atoms with Crippen LogP contribution >= 0.6 is 0 Å². The molecule has 1 unspecified atom stereocenters. The summed E-state index contributed by atoms with van der Waals surface area (Å²) in [7, 11) is 0. The predicted molar refractivity (Wildman–Crippen MR) is 124 cm³/mol. The summed E-state index contributed by atoms with van der Waals surface area (Å²) in [5.74, 6) is 1.49. The molecule has 1 N–H and O–H groups in total. The standard InChI is InChI=1S/C26H24N4O4/c1-2-18-7-6-16(11-27-18)13-29-14-17(15-29)12-28-21-5-3-4-20-24(21)26(34)30(25(20)33)22-9-8-19(31)10-23(22)32/h1,3-7,11,17,22,28H,8-10,12-15H2. The first-order valence-corrected chi connectivity index (χ1v) is 11.4. The number of benzene rings is 1. The predicted octanol–water partition coefficient (Wildman–Crippen LogP) is 1.89. The Morgan fingerprint density at radius 2 is 1.91 bits per heavy atom. The van der Waals surface area contributed by atoms with Gasteiger partial charge in [-0.1, -0.05) is 18.1 Å². The average Bonchev–Trinajstić information content (AvgIpc) is 3.06. The molecule has 1 aromatic heterocycles. The second-order valence-electron chi connectivity index (χ2n) is 9.08. The number of likely N-dealkylation sites (tertiary alicyclic amines) is 1. The third-order valence-corrected chi connectivity index (χ3v) is 6.69. The fraction of sp³-hybridized carbons (Fsp3) is 0.346. The molecule has 8 heteroatoms. The molecular weight excluding hydrogens is 432 g/mol. The van der Waals surface area contributed by atoms with Crippen molar-refractivity contribution in [1.29, 1.82) is 0 Å². The Morgan fingerprint density at radius 3 is 2.62 bits per heavy atom. The van der Waals surface area contributed by atoms with Crippen LogP contribution in [0.15, 0.2) is 36.5 Å². The highest BCUT2D eigenvalue weighted by molar-refractivity contribution is 6.25. The third-order valence-electron chi connectivity index (χ3n) is 6.69. The maximum Gasteiger partial charge on any atom is 0.264 e. The maximum atomic E-state index is 13.2. The van der Waals surface area contributed by atoms with E-state index in [1.807, 2.05) is 12.1 Å². The van der Waals surface area contributed by atoms with Crippen LogP contribution in [0.4, 0.5) is 5.69 Å². The van der Waals surface area contributed by atoms with Gasteiger partial charge < -0.3 is 5.32 Å². The summed E-state index contributed by atoms with van der Waals surface area (Å²) in [6, 6.07) is 8.11. The third kappa shape index (κ3) is 3.99. The van der Waals surface area contributed by atoms with E-state index in [1.54, 1.807) is 24.4 Å². The molecule has 0 radical (unpaired) electrons. The number of imide groups is 1. The molecule has 0 bridgehead atoms. The fourth-order valence-electron chi connectivity index (χ4n) is 4.92. The highest BCUT2D eigenvalue weighted by atomic mass is 16.2. The van der Waals surface area contributed by atoms with Gasteiger partial charge in [0.2, 0.25) is 0 Å². The number of carbonyl (C=O) groups excluding carboxylic acids is 4. The van der Waals surface area contributed by atoms with Crippen LogP contribution in [-0.4, -0.2) is 63.8 Å². The maximum absolute atomic E-state index is 13.2. The number of rotatable bonds is 6. The van der Waals surface area contributed by atoms with Crippen molar-refractivity contribution in [3.8, 4) is 12.3 Å². The number of ketones is 2. The second-order valence-corrected chi connectivity index (χ2v) is 9.08. The van der Waals surface area contributed by atoms with Crippen molar-refractivity contribution in [2.75, 3.05) is 25.0 Å². The highest BCUT2D eigenvalue weighted by Crippen LogP contribution is 2.33. The van der Waals surface area contributed by atoms with Gasteiger partial charge in [0.25, 0.3) is 11.8 Å². The minimum Gasteiger partial charge on any atom is -0.384 e. The van der Waals surface area contributed by atoms with E-state index >= 15 is 0 Å². The van der Waals surface area contributed by atoms with E-state index in [2.05, 4.69) is 21.1 Å². The molecule has 2 aromatic rings. The number of terminal acetylenes is 1. The van der Waals surface area contributed by atoms with E-state index in [-0.39, 0.29) is 30.8 Å². The minimum absolute atomic E-state index is 0.143. The van der Waals surface area contributed by atoms with E-state index in [0.29, 0.717) is 35.0 Å². The summed E-state index contributed by atoms with van der Waals surface area (Å²) >= 11 is 0. The summed E-state index contributed by atoms with van der Waals surface area (Å²) in [6.07, 6.45) is 7.33. The number of pyridine rings is 1. The van der Waals surface area contributed by atoms with E-state index in [1.165, 1.54) is 0 Å². The van der Waals surface area contributed by atoms with Crippen LogP contribution in [0, 0.1) is 18.3 Å². The first kappa shape index (κ1) is 22.0. The van der Waals surface area contributed by atoms with Crippen molar-refractivity contribution < 1.29 is 19.2 Å². The topological polar surface area (TPSA) is 99.7 Å². The first-order valence-electron chi connectivity index (χ1n) is 11.4. The molecule has 0 spiro atoms. The number of fused-ring (bicyclic) bond motifs is 1. The van der Waals surface area contributed by atoms with Crippen LogP contribution in [0.25, 0.3) is 0 Å². The van der Waals surface area contributed by atoms with Crippen LogP contribution in [0.3, 0.4) is 0 Å². The lowest BCUT2D eigenvalue weighted by Crippen LogP contribution is -2.49. The Morgan fingerprint density at radius 1 is 1.09 bits per heavy atom. The number of amides is 2. The van der Waals surface area contributed by atoms with Crippen molar-refractivity contribution in [2.45, 2.75) is 31.8 Å². The van der Waals surface area contributed by atoms with Gasteiger partial charge in [-0.15, -0.1) is 6.42 Å². The molecule has 3 heterocycles. The van der Waals surface area contributed by atoms with Gasteiger partial charge in [0.15, 0.2) is 5.78 Å². The largest absolute Gasteiger partial charge is 0.384 e. The van der Waals surface area contributed by atoms with Crippen molar-refractivity contribution in [1.82, 2.24) is 14.8 Å².